The fourth-order valence-corrected chi connectivity index (χ4v) is 2.95. The summed E-state index contributed by atoms with van der Waals surface area (Å²) in [5, 5.41) is 14.7. The molecule has 0 bridgehead atoms. The molecule has 7 heteroatoms. The van der Waals surface area contributed by atoms with Crippen molar-refractivity contribution in [2.45, 2.75) is 32.4 Å². The molecule has 0 saturated heterocycles. The number of ether oxygens (including phenoxy) is 1. The number of para-hydroxylation sites is 1. The Morgan fingerprint density at radius 3 is 2.76 bits per heavy atom. The molecule has 0 aliphatic carbocycles. The number of imidazole rings is 1. The van der Waals surface area contributed by atoms with Crippen LogP contribution in [0.5, 0.6) is 0 Å². The highest BCUT2D eigenvalue weighted by Crippen LogP contribution is 2.31. The number of nitrogens with two attached hydrogens (primary N) is 1. The molecule has 2 aromatic heterocycles. The molecular weight excluding hydrogens is 318 g/mol. The zero-order valence-corrected chi connectivity index (χ0v) is 14.9. The van der Waals surface area contributed by atoms with Crippen LogP contribution in [0.4, 0.5) is 11.8 Å². The van der Waals surface area contributed by atoms with Crippen molar-refractivity contribution in [1.82, 2.24) is 14.5 Å². The Kier molecular flexibility index (Phi) is 4.78. The summed E-state index contributed by atoms with van der Waals surface area (Å²) in [5.74, 6) is 1.07. The monoisotopic (exact) mass is 343 g/mol. The van der Waals surface area contributed by atoms with Gasteiger partial charge < -0.3 is 25.5 Å². The van der Waals surface area contributed by atoms with Crippen LogP contribution >= 0.6 is 0 Å². The first-order valence-electron chi connectivity index (χ1n) is 8.40. The van der Waals surface area contributed by atoms with Gasteiger partial charge in [-0.05, 0) is 26.3 Å². The van der Waals surface area contributed by atoms with Crippen LogP contribution in [0.25, 0.3) is 21.9 Å². The Balaban J connectivity index is 2.16. The van der Waals surface area contributed by atoms with Crippen LogP contribution in [0.3, 0.4) is 0 Å². The number of anilines is 2. The van der Waals surface area contributed by atoms with Crippen molar-refractivity contribution in [2.75, 3.05) is 31.3 Å². The summed E-state index contributed by atoms with van der Waals surface area (Å²) in [6, 6.07) is 7.83. The molecule has 0 unspecified atom stereocenters. The van der Waals surface area contributed by atoms with Gasteiger partial charge in [0, 0.05) is 25.6 Å². The van der Waals surface area contributed by atoms with Gasteiger partial charge in [-0.25, -0.2) is 9.97 Å². The van der Waals surface area contributed by atoms with E-state index in [4.69, 9.17) is 10.5 Å². The van der Waals surface area contributed by atoms with Crippen molar-refractivity contribution < 1.29 is 9.84 Å². The molecule has 4 N–H and O–H groups in total. The van der Waals surface area contributed by atoms with E-state index in [2.05, 4.69) is 15.3 Å². The number of nitrogen functional groups attached to an aromatic ring is 1. The van der Waals surface area contributed by atoms with Crippen LogP contribution in [0.1, 0.15) is 20.3 Å². The fraction of sp³-hybridized carbons (Fsp3) is 0.444. The molecule has 1 aromatic carbocycles. The highest BCUT2D eigenvalue weighted by molar-refractivity contribution is 6.07. The number of aromatic nitrogens is 3. The number of fused-ring (bicyclic) bond motifs is 3. The number of nitrogens with one attached hydrogen (secondary N) is 1. The Bertz CT molecular complexity index is 882. The quantitative estimate of drug-likeness (QED) is 0.570. The number of hydrogen-bond donors (Lipinski definition) is 3. The maximum Gasteiger partial charge on any atom is 0.204 e. The minimum absolute atomic E-state index is 0.392. The van der Waals surface area contributed by atoms with Crippen molar-refractivity contribution in [3.05, 3.63) is 24.3 Å². The van der Waals surface area contributed by atoms with Crippen LogP contribution in [0.2, 0.25) is 0 Å². The SMILES string of the molecule is COCCCNc1nc2c(N)nc3ccccc3c2n1CC(C)(C)O. The van der Waals surface area contributed by atoms with Crippen molar-refractivity contribution in [3.8, 4) is 0 Å². The molecule has 3 rings (SSSR count). The van der Waals surface area contributed by atoms with Crippen molar-refractivity contribution in [1.29, 1.82) is 0 Å². The highest BCUT2D eigenvalue weighted by Gasteiger charge is 2.22. The maximum atomic E-state index is 10.4. The summed E-state index contributed by atoms with van der Waals surface area (Å²) in [4.78, 5) is 9.11. The Hall–Kier alpha value is -2.38. The molecule has 3 aromatic rings. The lowest BCUT2D eigenvalue weighted by atomic mass is 10.1. The van der Waals surface area contributed by atoms with Crippen molar-refractivity contribution in [2.24, 2.45) is 0 Å². The molecule has 0 aliphatic rings. The van der Waals surface area contributed by atoms with Gasteiger partial charge in [-0.1, -0.05) is 18.2 Å². The predicted molar refractivity (Wildman–Crippen MR) is 101 cm³/mol. The lowest BCUT2D eigenvalue weighted by Gasteiger charge is -2.21. The Morgan fingerprint density at radius 2 is 2.04 bits per heavy atom. The Morgan fingerprint density at radius 1 is 1.28 bits per heavy atom. The first kappa shape index (κ1) is 17.4. The van der Waals surface area contributed by atoms with Gasteiger partial charge in [-0.2, -0.15) is 0 Å². The maximum absolute atomic E-state index is 10.4. The second-order valence-electron chi connectivity index (χ2n) is 6.82. The minimum atomic E-state index is -0.893. The van der Waals surface area contributed by atoms with Crippen LogP contribution < -0.4 is 11.1 Å². The van der Waals surface area contributed by atoms with Gasteiger partial charge in [0.1, 0.15) is 5.52 Å². The van der Waals surface area contributed by atoms with Crippen LogP contribution in [-0.4, -0.2) is 45.5 Å². The van der Waals surface area contributed by atoms with E-state index in [0.29, 0.717) is 37.0 Å². The molecule has 0 fully saturated rings. The molecule has 134 valence electrons. The van der Waals surface area contributed by atoms with Crippen LogP contribution in [0.15, 0.2) is 24.3 Å². The number of nitrogens with zero attached hydrogens (tertiary/aromatic N) is 3. The smallest absolute Gasteiger partial charge is 0.204 e. The average molecular weight is 343 g/mol. The summed E-state index contributed by atoms with van der Waals surface area (Å²) in [7, 11) is 1.68. The Labute approximate surface area is 146 Å². The van der Waals surface area contributed by atoms with E-state index >= 15 is 0 Å². The topological polar surface area (TPSA) is 98.2 Å². The molecule has 2 heterocycles. The number of methoxy groups -OCH3 is 1. The molecule has 0 spiro atoms. The van der Waals surface area contributed by atoms with Gasteiger partial charge in [0.25, 0.3) is 0 Å². The van der Waals surface area contributed by atoms with Gasteiger partial charge in [0.2, 0.25) is 5.95 Å². The van der Waals surface area contributed by atoms with Gasteiger partial charge in [-0.15, -0.1) is 0 Å². The molecule has 0 saturated carbocycles. The van der Waals surface area contributed by atoms with Crippen LogP contribution in [-0.2, 0) is 11.3 Å². The summed E-state index contributed by atoms with van der Waals surface area (Å²) in [5.41, 5.74) is 7.61. The zero-order chi connectivity index (χ0) is 18.0. The lowest BCUT2D eigenvalue weighted by molar-refractivity contribution is 0.0632. The molecule has 0 amide bonds. The van der Waals surface area contributed by atoms with Crippen molar-refractivity contribution >= 4 is 33.7 Å². The summed E-state index contributed by atoms with van der Waals surface area (Å²) in [6.45, 7) is 5.34. The van der Waals surface area contributed by atoms with E-state index in [0.717, 1.165) is 22.8 Å². The molecule has 0 atom stereocenters. The molecule has 0 aliphatic heterocycles. The molecule has 7 nitrogen and oxygen atoms in total. The average Bonchev–Trinajstić information content (AvgIpc) is 2.89. The number of aliphatic hydroxyl groups is 1. The van der Waals surface area contributed by atoms with Gasteiger partial charge in [0.15, 0.2) is 5.82 Å². The predicted octanol–water partition coefficient (Wildman–Crippen LogP) is 2.39. The normalized spacial score (nSPS) is 12.2. The van der Waals surface area contributed by atoms with Crippen molar-refractivity contribution in [3.63, 3.8) is 0 Å². The lowest BCUT2D eigenvalue weighted by Crippen LogP contribution is -2.27. The zero-order valence-electron chi connectivity index (χ0n) is 14.9. The summed E-state index contributed by atoms with van der Waals surface area (Å²) >= 11 is 0. The second-order valence-corrected chi connectivity index (χ2v) is 6.82. The standard InChI is InChI=1S/C18H25N5O2/c1-18(2,24)11-23-15-12-7-4-5-8-13(12)21-16(19)14(15)22-17(23)20-9-6-10-25-3/h4-5,7-8,24H,6,9-11H2,1-3H3,(H2,19,21)(H,20,22). The van der Waals surface area contributed by atoms with E-state index in [-0.39, 0.29) is 0 Å². The fourth-order valence-electron chi connectivity index (χ4n) is 2.95. The molecule has 0 radical (unpaired) electrons. The largest absolute Gasteiger partial charge is 0.389 e. The summed E-state index contributed by atoms with van der Waals surface area (Å²) in [6.07, 6.45) is 0.858. The number of benzene rings is 1. The van der Waals surface area contributed by atoms with E-state index in [1.54, 1.807) is 21.0 Å². The number of rotatable bonds is 7. The third-order valence-electron chi connectivity index (χ3n) is 3.96. The highest BCUT2D eigenvalue weighted by atomic mass is 16.5. The van der Waals surface area contributed by atoms with E-state index in [9.17, 15) is 5.11 Å². The number of pyridine rings is 1. The van der Waals surface area contributed by atoms with E-state index in [1.165, 1.54) is 0 Å². The minimum Gasteiger partial charge on any atom is -0.389 e. The molecule has 25 heavy (non-hydrogen) atoms. The second kappa shape index (κ2) is 6.85. The van der Waals surface area contributed by atoms with E-state index in [1.807, 2.05) is 28.8 Å². The molecular formula is C18H25N5O2. The van der Waals surface area contributed by atoms with E-state index < -0.39 is 5.60 Å². The van der Waals surface area contributed by atoms with Gasteiger partial charge >= 0.3 is 0 Å². The third-order valence-corrected chi connectivity index (χ3v) is 3.96. The first-order chi connectivity index (χ1) is 11.9. The first-order valence-corrected chi connectivity index (χ1v) is 8.40. The van der Waals surface area contributed by atoms with Crippen LogP contribution in [0, 0.1) is 0 Å². The summed E-state index contributed by atoms with van der Waals surface area (Å²) < 4.78 is 7.08. The van der Waals surface area contributed by atoms with Gasteiger partial charge in [-0.3, -0.25) is 0 Å². The number of hydrogen-bond acceptors (Lipinski definition) is 6. The van der Waals surface area contributed by atoms with Gasteiger partial charge in [0.05, 0.1) is 23.2 Å². The third kappa shape index (κ3) is 3.67.